The number of rotatable bonds is 2. The van der Waals surface area contributed by atoms with Gasteiger partial charge in [0.05, 0.1) is 11.1 Å². The Bertz CT molecular complexity index is 814. The van der Waals surface area contributed by atoms with Crippen LogP contribution in [0.25, 0.3) is 10.9 Å². The van der Waals surface area contributed by atoms with Crippen molar-refractivity contribution in [1.82, 2.24) is 4.98 Å². The average molecular weight is 367 g/mol. The van der Waals surface area contributed by atoms with Crippen molar-refractivity contribution in [2.75, 3.05) is 5.32 Å². The molecule has 1 heterocycles. The van der Waals surface area contributed by atoms with Crippen LogP contribution in [-0.2, 0) is 6.18 Å². The standard InChI is InChI=1S/C16H10BrF3N2/c17-11-2-4-12(5-3-11)22-14-7-8-21-15-9-10(16(18,19)20)1-6-13(14)15/h1-9H,(H,21,22). The maximum atomic E-state index is 12.8. The van der Waals surface area contributed by atoms with Gasteiger partial charge in [-0.2, -0.15) is 13.2 Å². The first-order chi connectivity index (χ1) is 10.4. The van der Waals surface area contributed by atoms with Crippen molar-refractivity contribution in [3.63, 3.8) is 0 Å². The molecule has 0 bridgehead atoms. The van der Waals surface area contributed by atoms with Crippen LogP contribution in [0.2, 0.25) is 0 Å². The van der Waals surface area contributed by atoms with Gasteiger partial charge in [-0.05, 0) is 42.5 Å². The van der Waals surface area contributed by atoms with Crippen LogP contribution in [0.3, 0.4) is 0 Å². The molecule has 3 aromatic rings. The van der Waals surface area contributed by atoms with E-state index in [-0.39, 0.29) is 0 Å². The smallest absolute Gasteiger partial charge is 0.355 e. The molecule has 0 saturated heterocycles. The number of anilines is 2. The van der Waals surface area contributed by atoms with Gasteiger partial charge in [0.1, 0.15) is 0 Å². The molecule has 0 amide bonds. The predicted molar refractivity (Wildman–Crippen MR) is 84.2 cm³/mol. The zero-order chi connectivity index (χ0) is 15.7. The molecule has 1 N–H and O–H groups in total. The average Bonchev–Trinajstić information content (AvgIpc) is 2.48. The summed E-state index contributed by atoms with van der Waals surface area (Å²) in [6.45, 7) is 0. The molecule has 112 valence electrons. The Kier molecular flexibility index (Phi) is 3.78. The van der Waals surface area contributed by atoms with Crippen LogP contribution in [0.5, 0.6) is 0 Å². The summed E-state index contributed by atoms with van der Waals surface area (Å²) in [4.78, 5) is 4.02. The zero-order valence-corrected chi connectivity index (χ0v) is 12.7. The number of nitrogens with one attached hydrogen (secondary N) is 1. The Morgan fingerprint density at radius 2 is 1.68 bits per heavy atom. The van der Waals surface area contributed by atoms with E-state index in [4.69, 9.17) is 0 Å². The van der Waals surface area contributed by atoms with Gasteiger partial charge in [-0.25, -0.2) is 0 Å². The molecule has 22 heavy (non-hydrogen) atoms. The van der Waals surface area contributed by atoms with E-state index in [0.29, 0.717) is 16.6 Å². The van der Waals surface area contributed by atoms with Crippen LogP contribution in [0, 0.1) is 0 Å². The first-order valence-corrected chi connectivity index (χ1v) is 7.21. The summed E-state index contributed by atoms with van der Waals surface area (Å²) in [7, 11) is 0. The predicted octanol–water partition coefficient (Wildman–Crippen LogP) is 5.76. The molecule has 6 heteroatoms. The Balaban J connectivity index is 2.02. The fourth-order valence-corrected chi connectivity index (χ4v) is 2.39. The number of alkyl halides is 3. The number of hydrogen-bond acceptors (Lipinski definition) is 2. The molecule has 2 aromatic carbocycles. The van der Waals surface area contributed by atoms with E-state index in [2.05, 4.69) is 26.2 Å². The molecule has 0 aliphatic rings. The molecule has 3 rings (SSSR count). The summed E-state index contributed by atoms with van der Waals surface area (Å²) in [5.74, 6) is 0. The van der Waals surface area contributed by atoms with Crippen molar-refractivity contribution in [3.05, 3.63) is 64.8 Å². The highest BCUT2D eigenvalue weighted by molar-refractivity contribution is 9.10. The van der Waals surface area contributed by atoms with Crippen LogP contribution >= 0.6 is 15.9 Å². The van der Waals surface area contributed by atoms with Gasteiger partial charge in [-0.1, -0.05) is 22.0 Å². The number of fused-ring (bicyclic) bond motifs is 1. The van der Waals surface area contributed by atoms with Crippen molar-refractivity contribution in [2.24, 2.45) is 0 Å². The third kappa shape index (κ3) is 3.06. The zero-order valence-electron chi connectivity index (χ0n) is 11.2. The number of nitrogens with zero attached hydrogens (tertiary/aromatic N) is 1. The molecule has 2 nitrogen and oxygen atoms in total. The molecule has 0 spiro atoms. The lowest BCUT2D eigenvalue weighted by Gasteiger charge is -2.11. The number of pyridine rings is 1. The molecule has 1 aromatic heterocycles. The summed E-state index contributed by atoms with van der Waals surface area (Å²) >= 11 is 3.35. The first-order valence-electron chi connectivity index (χ1n) is 6.42. The maximum Gasteiger partial charge on any atom is 0.416 e. The van der Waals surface area contributed by atoms with E-state index in [0.717, 1.165) is 22.3 Å². The van der Waals surface area contributed by atoms with Gasteiger partial charge in [-0.3, -0.25) is 4.98 Å². The highest BCUT2D eigenvalue weighted by Gasteiger charge is 2.30. The van der Waals surface area contributed by atoms with Crippen molar-refractivity contribution >= 4 is 38.2 Å². The van der Waals surface area contributed by atoms with Gasteiger partial charge < -0.3 is 5.32 Å². The lowest BCUT2D eigenvalue weighted by Crippen LogP contribution is -2.04. The Morgan fingerprint density at radius 3 is 2.36 bits per heavy atom. The fourth-order valence-electron chi connectivity index (χ4n) is 2.12. The molecular weight excluding hydrogens is 357 g/mol. The second kappa shape index (κ2) is 5.61. The monoisotopic (exact) mass is 366 g/mol. The number of aromatic nitrogens is 1. The van der Waals surface area contributed by atoms with Gasteiger partial charge in [0.25, 0.3) is 0 Å². The summed E-state index contributed by atoms with van der Waals surface area (Å²) in [5.41, 5.74) is 1.15. The Labute approximate surface area is 133 Å². The van der Waals surface area contributed by atoms with Crippen LogP contribution in [0.4, 0.5) is 24.5 Å². The molecular formula is C16H10BrF3N2. The number of hydrogen-bond donors (Lipinski definition) is 1. The van der Waals surface area contributed by atoms with Gasteiger partial charge in [0, 0.05) is 27.4 Å². The van der Waals surface area contributed by atoms with E-state index < -0.39 is 11.7 Å². The molecule has 0 aliphatic carbocycles. The largest absolute Gasteiger partial charge is 0.416 e. The molecule has 0 atom stereocenters. The third-order valence-electron chi connectivity index (χ3n) is 3.19. The van der Waals surface area contributed by atoms with Gasteiger partial charge >= 0.3 is 6.18 Å². The van der Waals surface area contributed by atoms with Crippen LogP contribution in [0.15, 0.2) is 59.2 Å². The number of halogens is 4. The Morgan fingerprint density at radius 1 is 0.955 bits per heavy atom. The van der Waals surface area contributed by atoms with Gasteiger partial charge in [0.15, 0.2) is 0 Å². The quantitative estimate of drug-likeness (QED) is 0.623. The van der Waals surface area contributed by atoms with Gasteiger partial charge in [0.2, 0.25) is 0 Å². The second-order valence-electron chi connectivity index (χ2n) is 4.72. The highest BCUT2D eigenvalue weighted by atomic mass is 79.9. The normalized spacial score (nSPS) is 11.6. The summed E-state index contributed by atoms with van der Waals surface area (Å²) in [6.07, 6.45) is -2.88. The minimum Gasteiger partial charge on any atom is -0.355 e. The molecule has 0 radical (unpaired) electrons. The minimum atomic E-state index is -4.37. The summed E-state index contributed by atoms with van der Waals surface area (Å²) < 4.78 is 39.2. The van der Waals surface area contributed by atoms with Crippen LogP contribution in [0.1, 0.15) is 5.56 Å². The van der Waals surface area contributed by atoms with Crippen LogP contribution < -0.4 is 5.32 Å². The minimum absolute atomic E-state index is 0.303. The summed E-state index contributed by atoms with van der Waals surface area (Å²) in [5, 5.41) is 3.83. The van der Waals surface area contributed by atoms with E-state index >= 15 is 0 Å². The van der Waals surface area contributed by atoms with E-state index in [1.165, 1.54) is 12.3 Å². The lowest BCUT2D eigenvalue weighted by molar-refractivity contribution is -0.137. The second-order valence-corrected chi connectivity index (χ2v) is 5.64. The van der Waals surface area contributed by atoms with E-state index in [1.807, 2.05) is 24.3 Å². The topological polar surface area (TPSA) is 24.9 Å². The van der Waals surface area contributed by atoms with Crippen LogP contribution in [-0.4, -0.2) is 4.98 Å². The Hall–Kier alpha value is -2.08. The van der Waals surface area contributed by atoms with Crippen molar-refractivity contribution in [3.8, 4) is 0 Å². The first kappa shape index (κ1) is 14.8. The summed E-state index contributed by atoms with van der Waals surface area (Å²) in [6, 6.07) is 12.8. The fraction of sp³-hybridized carbons (Fsp3) is 0.0625. The van der Waals surface area contributed by atoms with Gasteiger partial charge in [-0.15, -0.1) is 0 Å². The number of benzene rings is 2. The maximum absolute atomic E-state index is 12.8. The molecule has 0 saturated carbocycles. The molecule has 0 unspecified atom stereocenters. The van der Waals surface area contributed by atoms with Crippen molar-refractivity contribution in [2.45, 2.75) is 6.18 Å². The van der Waals surface area contributed by atoms with Crippen molar-refractivity contribution < 1.29 is 13.2 Å². The SMILES string of the molecule is FC(F)(F)c1ccc2c(Nc3ccc(Br)cc3)ccnc2c1. The third-order valence-corrected chi connectivity index (χ3v) is 3.72. The van der Waals surface area contributed by atoms with Crippen molar-refractivity contribution in [1.29, 1.82) is 0 Å². The lowest BCUT2D eigenvalue weighted by atomic mass is 10.1. The molecule has 0 fully saturated rings. The molecule has 0 aliphatic heterocycles. The van der Waals surface area contributed by atoms with E-state index in [9.17, 15) is 13.2 Å². The van der Waals surface area contributed by atoms with E-state index in [1.54, 1.807) is 6.07 Å². The highest BCUT2D eigenvalue weighted by Crippen LogP contribution is 2.33.